The van der Waals surface area contributed by atoms with Crippen molar-refractivity contribution in [3.8, 4) is 0 Å². The summed E-state index contributed by atoms with van der Waals surface area (Å²) in [6, 6.07) is 0. The molecule has 0 unspecified atom stereocenters. The van der Waals surface area contributed by atoms with Crippen molar-refractivity contribution in [2.45, 2.75) is 0 Å². The zero-order chi connectivity index (χ0) is 2.00. The Hall–Kier alpha value is 2.11. The first-order valence-corrected chi connectivity index (χ1v) is 0.842. The van der Waals surface area contributed by atoms with Crippen LogP contribution in [0.4, 0.5) is 0 Å². The van der Waals surface area contributed by atoms with Gasteiger partial charge in [0.15, 0.2) is 0 Å². The zero-order valence-electron chi connectivity index (χ0n) is 1.41. The minimum absolute atomic E-state index is 0. The monoisotopic (exact) mass is 122 g/mol. The Balaban J connectivity index is -0.00000000500. The van der Waals surface area contributed by atoms with Crippen LogP contribution in [-0.2, 0) is 23.7 Å². The molecule has 0 aromatic heterocycles. The van der Waals surface area contributed by atoms with Crippen molar-refractivity contribution in [1.29, 1.82) is 0 Å². The predicted molar refractivity (Wildman–Crippen MR) is 11.4 cm³/mol. The third kappa shape index (κ3) is 8.93. The molecule has 0 amide bonds. The van der Waals surface area contributed by atoms with Crippen LogP contribution in [0.1, 0.15) is 0 Å². The van der Waals surface area contributed by atoms with Gasteiger partial charge in [-0.25, -0.2) is 0 Å². The average molecular weight is 122 g/mol. The fourth-order valence-corrected chi connectivity index (χ4v) is 0. The molecule has 0 aromatic carbocycles. The first-order valence-electron chi connectivity index (χ1n) is 0.204. The summed E-state index contributed by atoms with van der Waals surface area (Å²) < 4.78 is 8.25. The molecule has 0 rings (SSSR count). The molecule has 4 heavy (non-hydrogen) atoms. The van der Waals surface area contributed by atoms with E-state index >= 15 is 0 Å². The summed E-state index contributed by atoms with van der Waals surface area (Å²) in [5, 5.41) is 0. The van der Waals surface area contributed by atoms with E-state index in [0.29, 0.717) is 0 Å². The second-order valence-corrected chi connectivity index (χ2v) is 0. The summed E-state index contributed by atoms with van der Waals surface area (Å²) in [5.41, 5.74) is 0. The normalized spacial score (nSPS) is 0.750. The van der Waals surface area contributed by atoms with Gasteiger partial charge in [-0.1, -0.05) is 0 Å². The van der Waals surface area contributed by atoms with Crippen LogP contribution in [-0.4, -0.2) is 56.9 Å². The van der Waals surface area contributed by atoms with E-state index in [-0.39, 0.29) is 56.9 Å². The van der Waals surface area contributed by atoms with Gasteiger partial charge in [0.05, 0.1) is 0 Å². The summed E-state index contributed by atoms with van der Waals surface area (Å²) in [4.78, 5) is 0. The van der Waals surface area contributed by atoms with E-state index in [4.69, 9.17) is 3.32 Å². The van der Waals surface area contributed by atoms with Crippen molar-refractivity contribution in [3.63, 3.8) is 0 Å². The minimum atomic E-state index is 0. The fraction of sp³-hybridized carbons (Fsp3) is 0. The molecule has 0 heterocycles. The maximum absolute atomic E-state index is 8.25. The van der Waals surface area contributed by atoms with Gasteiger partial charge in [0.2, 0.25) is 0 Å². The van der Waals surface area contributed by atoms with Crippen LogP contribution in [0.15, 0.2) is 0 Å². The Bertz CT molecular complexity index is 6.00. The van der Waals surface area contributed by atoms with Crippen molar-refractivity contribution >= 4 is 51.4 Å². The molecule has 0 bridgehead atoms. The van der Waals surface area contributed by atoms with Crippen molar-refractivity contribution in [1.82, 2.24) is 0 Å². The van der Waals surface area contributed by atoms with Crippen LogP contribution in [0.25, 0.3) is 0 Å². The van der Waals surface area contributed by atoms with E-state index in [1.807, 2.05) is 0 Å². The van der Waals surface area contributed by atoms with E-state index in [1.165, 1.54) is 0 Å². The molecule has 4 heteroatoms. The summed E-state index contributed by atoms with van der Waals surface area (Å²) in [7, 11) is 0. The van der Waals surface area contributed by atoms with E-state index in [2.05, 4.69) is 0 Å². The molecular weight excluding hydrogens is 119 g/mol. The standard InChI is InChI=1S/K.H2O.O.Ti.H/h;1H2;;;. The molecule has 0 atom stereocenters. The van der Waals surface area contributed by atoms with Gasteiger partial charge in [0.1, 0.15) is 0 Å². The van der Waals surface area contributed by atoms with Gasteiger partial charge in [-0.05, 0) is 0 Å². The third-order valence-electron chi connectivity index (χ3n) is 0. The number of hydrogen-bond donors (Lipinski definition) is 0. The Morgan fingerprint density at radius 3 is 1.25 bits per heavy atom. The topological polar surface area (TPSA) is 48.6 Å². The van der Waals surface area contributed by atoms with Crippen LogP contribution in [0, 0.1) is 0 Å². The van der Waals surface area contributed by atoms with Crippen LogP contribution in [0.3, 0.4) is 0 Å². The zero-order valence-corrected chi connectivity index (χ0v) is 2.97. The van der Waals surface area contributed by atoms with Gasteiger partial charge in [-0.2, -0.15) is 0 Å². The summed E-state index contributed by atoms with van der Waals surface area (Å²) >= 11 is 0.750. The van der Waals surface area contributed by atoms with E-state index in [1.54, 1.807) is 0 Å². The molecule has 2 N–H and O–H groups in total. The molecular formula is H3KO2Ti. The number of hydrogen-bond acceptors (Lipinski definition) is 1. The quantitative estimate of drug-likeness (QED) is 0.357. The second-order valence-electron chi connectivity index (χ2n) is 0. The molecule has 20 valence electrons. The Kier molecular flexibility index (Phi) is 79.9. The molecule has 0 fully saturated rings. The number of rotatable bonds is 0. The Morgan fingerprint density at radius 1 is 1.25 bits per heavy atom. The predicted octanol–water partition coefficient (Wildman–Crippen LogP) is -1.59. The van der Waals surface area contributed by atoms with Crippen LogP contribution < -0.4 is 0 Å². The van der Waals surface area contributed by atoms with E-state index in [0.717, 1.165) is 20.4 Å². The molecule has 0 saturated heterocycles. The molecule has 0 radical (unpaired) electrons. The van der Waals surface area contributed by atoms with Crippen LogP contribution in [0.2, 0.25) is 0 Å². The Morgan fingerprint density at radius 2 is 1.25 bits per heavy atom. The van der Waals surface area contributed by atoms with Gasteiger partial charge in [0, 0.05) is 0 Å². The van der Waals surface area contributed by atoms with E-state index < -0.39 is 0 Å². The first-order chi connectivity index (χ1) is 1.00. The summed E-state index contributed by atoms with van der Waals surface area (Å²) in [5.74, 6) is 0. The van der Waals surface area contributed by atoms with Crippen molar-refractivity contribution in [3.05, 3.63) is 0 Å². The van der Waals surface area contributed by atoms with Gasteiger partial charge in [0.25, 0.3) is 0 Å². The molecule has 2 nitrogen and oxygen atoms in total. The average Bonchev–Trinajstić information content (AvgIpc) is 1.00. The van der Waals surface area contributed by atoms with Crippen LogP contribution in [0.5, 0.6) is 0 Å². The third-order valence-corrected chi connectivity index (χ3v) is 0. The Labute approximate surface area is 78.8 Å². The molecule has 0 saturated carbocycles. The molecule has 0 aromatic rings. The van der Waals surface area contributed by atoms with Gasteiger partial charge in [-0.3, -0.25) is 0 Å². The second kappa shape index (κ2) is 19.4. The van der Waals surface area contributed by atoms with Crippen molar-refractivity contribution in [2.75, 3.05) is 0 Å². The summed E-state index contributed by atoms with van der Waals surface area (Å²) in [6.07, 6.45) is 0. The van der Waals surface area contributed by atoms with Gasteiger partial charge < -0.3 is 5.48 Å². The van der Waals surface area contributed by atoms with Gasteiger partial charge >= 0.3 is 75.1 Å². The van der Waals surface area contributed by atoms with Crippen molar-refractivity contribution < 1.29 is 29.2 Å². The van der Waals surface area contributed by atoms with E-state index in [9.17, 15) is 0 Å². The van der Waals surface area contributed by atoms with Gasteiger partial charge in [-0.15, -0.1) is 0 Å². The molecule has 0 aliphatic heterocycles. The molecule has 0 aliphatic rings. The molecule has 0 aliphatic carbocycles. The van der Waals surface area contributed by atoms with Crippen LogP contribution >= 0.6 is 0 Å². The SMILES string of the molecule is O.[KH].[O]=[Ti]. The summed E-state index contributed by atoms with van der Waals surface area (Å²) in [6.45, 7) is 0. The molecule has 0 spiro atoms. The first kappa shape index (κ1) is 16.5. The maximum atomic E-state index is 8.25. The van der Waals surface area contributed by atoms with Crippen molar-refractivity contribution in [2.24, 2.45) is 0 Å². The fourth-order valence-electron chi connectivity index (χ4n) is 0.